The van der Waals surface area contributed by atoms with Crippen LogP contribution in [0.4, 0.5) is 0 Å². The molecule has 0 saturated carbocycles. The summed E-state index contributed by atoms with van der Waals surface area (Å²) in [6, 6.07) is 18.0. The van der Waals surface area contributed by atoms with E-state index in [1.807, 2.05) is 42.5 Å². The molecule has 0 unspecified atom stereocenters. The van der Waals surface area contributed by atoms with E-state index < -0.39 is 0 Å². The maximum atomic E-state index is 5.85. The molecule has 1 heterocycles. The van der Waals surface area contributed by atoms with Crippen LogP contribution in [-0.4, -0.2) is 27.2 Å². The molecule has 0 aliphatic rings. The van der Waals surface area contributed by atoms with Crippen LogP contribution in [0, 0.1) is 0 Å². The third-order valence-corrected chi connectivity index (χ3v) is 2.98. The predicted molar refractivity (Wildman–Crippen MR) is 75.3 cm³/mol. The van der Waals surface area contributed by atoms with Crippen molar-refractivity contribution in [2.24, 2.45) is 0 Å². The first-order valence-corrected chi connectivity index (χ1v) is 6.43. The lowest BCUT2D eigenvalue weighted by atomic mass is 10.1. The van der Waals surface area contributed by atoms with Crippen molar-refractivity contribution in [1.29, 1.82) is 0 Å². The minimum absolute atomic E-state index is 0.611. The van der Waals surface area contributed by atoms with Gasteiger partial charge in [0, 0.05) is 6.42 Å². The van der Waals surface area contributed by atoms with Crippen molar-refractivity contribution >= 4 is 0 Å². The summed E-state index contributed by atoms with van der Waals surface area (Å²) in [6.07, 6.45) is 0.865. The summed E-state index contributed by atoms with van der Waals surface area (Å²) in [7, 11) is 0. The molecule has 0 spiro atoms. The van der Waals surface area contributed by atoms with E-state index in [4.69, 9.17) is 4.74 Å². The molecular weight excluding hydrogens is 252 g/mol. The Morgan fingerprint density at radius 1 is 0.950 bits per heavy atom. The Balaban J connectivity index is 1.69. The van der Waals surface area contributed by atoms with Crippen molar-refractivity contribution in [3.8, 4) is 17.1 Å². The van der Waals surface area contributed by atoms with E-state index in [9.17, 15) is 0 Å². The molecule has 0 aliphatic carbocycles. The zero-order chi connectivity index (χ0) is 13.6. The molecule has 5 heteroatoms. The quantitative estimate of drug-likeness (QED) is 0.770. The summed E-state index contributed by atoms with van der Waals surface area (Å²) in [5, 5.41) is 13.8. The number of nitrogens with one attached hydrogen (secondary N) is 1. The smallest absolute Gasteiger partial charge is 0.183 e. The molecule has 0 atom stereocenters. The minimum atomic E-state index is 0.611. The number of ether oxygens (including phenoxy) is 1. The third kappa shape index (κ3) is 2.83. The monoisotopic (exact) mass is 266 g/mol. The number of rotatable bonds is 5. The van der Waals surface area contributed by atoms with Crippen LogP contribution in [0.1, 0.15) is 5.56 Å². The number of tetrazole rings is 1. The maximum absolute atomic E-state index is 5.85. The molecular formula is C15H14N4O. The van der Waals surface area contributed by atoms with E-state index >= 15 is 0 Å². The van der Waals surface area contributed by atoms with Crippen LogP contribution in [0.25, 0.3) is 11.4 Å². The second-order valence-electron chi connectivity index (χ2n) is 4.33. The molecule has 3 rings (SSSR count). The summed E-state index contributed by atoms with van der Waals surface area (Å²) in [4.78, 5) is 0. The molecule has 0 bridgehead atoms. The van der Waals surface area contributed by atoms with Gasteiger partial charge in [-0.2, -0.15) is 0 Å². The molecule has 100 valence electrons. The molecule has 2 aromatic carbocycles. The first kappa shape index (κ1) is 12.3. The summed E-state index contributed by atoms with van der Waals surface area (Å²) < 4.78 is 5.85. The molecule has 20 heavy (non-hydrogen) atoms. The summed E-state index contributed by atoms with van der Waals surface area (Å²) in [5.41, 5.74) is 2.12. The Morgan fingerprint density at radius 2 is 1.75 bits per heavy atom. The number of benzene rings is 2. The van der Waals surface area contributed by atoms with Crippen molar-refractivity contribution in [1.82, 2.24) is 20.6 Å². The Bertz CT molecular complexity index is 653. The van der Waals surface area contributed by atoms with Gasteiger partial charge in [0.2, 0.25) is 0 Å². The van der Waals surface area contributed by atoms with Gasteiger partial charge in [-0.1, -0.05) is 42.5 Å². The highest BCUT2D eigenvalue weighted by Gasteiger charge is 2.08. The van der Waals surface area contributed by atoms with Crippen LogP contribution in [0.2, 0.25) is 0 Å². The summed E-state index contributed by atoms with van der Waals surface area (Å²) in [6.45, 7) is 0.614. The average molecular weight is 266 g/mol. The highest BCUT2D eigenvalue weighted by molar-refractivity contribution is 5.63. The molecule has 1 N–H and O–H groups in total. The molecule has 0 aliphatic heterocycles. The molecule has 3 aromatic rings. The Hall–Kier alpha value is -2.69. The van der Waals surface area contributed by atoms with Crippen molar-refractivity contribution in [2.75, 3.05) is 6.61 Å². The number of aromatic amines is 1. The third-order valence-electron chi connectivity index (χ3n) is 2.98. The van der Waals surface area contributed by atoms with Crippen LogP contribution in [0.3, 0.4) is 0 Å². The normalized spacial score (nSPS) is 10.4. The van der Waals surface area contributed by atoms with Crippen LogP contribution in [0.5, 0.6) is 5.75 Å². The number of hydrogen-bond donors (Lipinski definition) is 1. The first-order valence-electron chi connectivity index (χ1n) is 6.43. The standard InChI is InChI=1S/C15H14N4O/c1-2-6-12(7-3-1)10-11-20-14-9-5-4-8-13(14)15-16-18-19-17-15/h1-9H,10-11H2,(H,16,17,18,19). The molecule has 1 aromatic heterocycles. The lowest BCUT2D eigenvalue weighted by Gasteiger charge is -2.09. The summed E-state index contributed by atoms with van der Waals surface area (Å²) in [5.74, 6) is 1.39. The fraction of sp³-hybridized carbons (Fsp3) is 0.133. The van der Waals surface area contributed by atoms with Gasteiger partial charge in [0.25, 0.3) is 0 Å². The van der Waals surface area contributed by atoms with Crippen molar-refractivity contribution in [2.45, 2.75) is 6.42 Å². The van der Waals surface area contributed by atoms with Gasteiger partial charge in [0.1, 0.15) is 5.75 Å². The number of H-pyrrole nitrogens is 1. The number of hydrogen-bond acceptors (Lipinski definition) is 4. The fourth-order valence-electron chi connectivity index (χ4n) is 1.98. The average Bonchev–Trinajstić information content (AvgIpc) is 3.03. The van der Waals surface area contributed by atoms with Crippen LogP contribution in [-0.2, 0) is 6.42 Å². The van der Waals surface area contributed by atoms with E-state index in [0.29, 0.717) is 12.4 Å². The highest BCUT2D eigenvalue weighted by Crippen LogP contribution is 2.26. The molecule has 0 fully saturated rings. The van der Waals surface area contributed by atoms with Crippen molar-refractivity contribution < 1.29 is 4.74 Å². The number of para-hydroxylation sites is 1. The number of nitrogens with zero attached hydrogens (tertiary/aromatic N) is 3. The zero-order valence-corrected chi connectivity index (χ0v) is 10.9. The zero-order valence-electron chi connectivity index (χ0n) is 10.9. The number of aromatic nitrogens is 4. The van der Waals surface area contributed by atoms with Gasteiger partial charge < -0.3 is 4.74 Å². The Morgan fingerprint density at radius 3 is 2.55 bits per heavy atom. The Labute approximate surface area is 116 Å². The fourth-order valence-corrected chi connectivity index (χ4v) is 1.98. The van der Waals surface area contributed by atoms with E-state index in [1.165, 1.54) is 5.56 Å². The molecule has 0 radical (unpaired) electrons. The maximum Gasteiger partial charge on any atom is 0.183 e. The van der Waals surface area contributed by atoms with Gasteiger partial charge in [-0.15, -0.1) is 5.10 Å². The predicted octanol–water partition coefficient (Wildman–Crippen LogP) is 2.49. The molecule has 5 nitrogen and oxygen atoms in total. The Kier molecular flexibility index (Phi) is 3.68. The van der Waals surface area contributed by atoms with E-state index in [-0.39, 0.29) is 0 Å². The van der Waals surface area contributed by atoms with Crippen LogP contribution < -0.4 is 4.74 Å². The topological polar surface area (TPSA) is 63.7 Å². The van der Waals surface area contributed by atoms with Gasteiger partial charge in [0.15, 0.2) is 5.82 Å². The van der Waals surface area contributed by atoms with E-state index in [1.54, 1.807) is 0 Å². The van der Waals surface area contributed by atoms with Crippen LogP contribution >= 0.6 is 0 Å². The van der Waals surface area contributed by atoms with Gasteiger partial charge in [-0.25, -0.2) is 5.10 Å². The van der Waals surface area contributed by atoms with Gasteiger partial charge in [-0.05, 0) is 28.1 Å². The largest absolute Gasteiger partial charge is 0.492 e. The SMILES string of the molecule is c1ccc(CCOc2ccccc2-c2nnn[nH]2)cc1. The van der Waals surface area contributed by atoms with Gasteiger partial charge in [-0.3, -0.25) is 0 Å². The first-order chi connectivity index (χ1) is 9.93. The lowest BCUT2D eigenvalue weighted by Crippen LogP contribution is -2.02. The second-order valence-corrected chi connectivity index (χ2v) is 4.33. The van der Waals surface area contributed by atoms with E-state index in [0.717, 1.165) is 17.7 Å². The summed E-state index contributed by atoms with van der Waals surface area (Å²) >= 11 is 0. The van der Waals surface area contributed by atoms with Gasteiger partial charge >= 0.3 is 0 Å². The van der Waals surface area contributed by atoms with Gasteiger partial charge in [0.05, 0.1) is 12.2 Å². The van der Waals surface area contributed by atoms with Crippen molar-refractivity contribution in [3.63, 3.8) is 0 Å². The second kappa shape index (κ2) is 5.97. The van der Waals surface area contributed by atoms with E-state index in [2.05, 4.69) is 32.8 Å². The minimum Gasteiger partial charge on any atom is -0.492 e. The van der Waals surface area contributed by atoms with Crippen LogP contribution in [0.15, 0.2) is 54.6 Å². The molecule has 0 saturated heterocycles. The van der Waals surface area contributed by atoms with Crippen molar-refractivity contribution in [3.05, 3.63) is 60.2 Å². The molecule has 0 amide bonds. The highest BCUT2D eigenvalue weighted by atomic mass is 16.5. The lowest BCUT2D eigenvalue weighted by molar-refractivity contribution is 0.323.